The number of nitrogens with zero attached hydrogens (tertiary/aromatic N) is 2. The van der Waals surface area contributed by atoms with Crippen LogP contribution >= 0.6 is 12.4 Å². The van der Waals surface area contributed by atoms with Crippen molar-refractivity contribution in [3.63, 3.8) is 0 Å². The summed E-state index contributed by atoms with van der Waals surface area (Å²) in [5, 5.41) is 10.7. The van der Waals surface area contributed by atoms with E-state index in [-0.39, 0.29) is 23.1 Å². The van der Waals surface area contributed by atoms with E-state index in [1.807, 2.05) is 55.9 Å². The first-order valence-electron chi connectivity index (χ1n) is 9.37. The maximum absolute atomic E-state index is 12.5. The number of hydrogen-bond donors (Lipinski definition) is 2. The van der Waals surface area contributed by atoms with Gasteiger partial charge in [-0.1, -0.05) is 12.1 Å². The van der Waals surface area contributed by atoms with E-state index in [4.69, 9.17) is 0 Å². The molecule has 1 aromatic carbocycles. The van der Waals surface area contributed by atoms with Crippen molar-refractivity contribution in [3.8, 4) is 0 Å². The molecule has 28 heavy (non-hydrogen) atoms. The van der Waals surface area contributed by atoms with E-state index in [1.54, 1.807) is 6.07 Å². The molecule has 1 aliphatic heterocycles. The molecule has 8 heteroatoms. The summed E-state index contributed by atoms with van der Waals surface area (Å²) >= 11 is 0. The summed E-state index contributed by atoms with van der Waals surface area (Å²) in [5.41, 5.74) is 2.04. The molecule has 2 N–H and O–H groups in total. The Hall–Kier alpha value is -1.70. The summed E-state index contributed by atoms with van der Waals surface area (Å²) in [6, 6.07) is 9.58. The summed E-state index contributed by atoms with van der Waals surface area (Å²) in [6.07, 6.45) is 4.06. The Labute approximate surface area is 175 Å². The second-order valence-corrected chi connectivity index (χ2v) is 10.1. The van der Waals surface area contributed by atoms with E-state index < -0.39 is 10.8 Å². The number of benzene rings is 1. The highest BCUT2D eigenvalue weighted by atomic mass is 35.5. The molecule has 1 amide bonds. The fourth-order valence-corrected chi connectivity index (χ4v) is 3.94. The number of nitrogens with one attached hydrogen (secondary N) is 2. The zero-order chi connectivity index (χ0) is 19.4. The van der Waals surface area contributed by atoms with Crippen LogP contribution in [0.4, 0.5) is 5.69 Å². The smallest absolute Gasteiger partial charge is 0.276 e. The maximum atomic E-state index is 12.5. The Morgan fingerprint density at radius 1 is 1.36 bits per heavy atom. The van der Waals surface area contributed by atoms with Gasteiger partial charge in [0.05, 0.1) is 6.04 Å². The SMILES string of the molecule is CC(C)(C)S(=O)Cc1cccc(NC(=O)c2ccn(C3CCCNC3)n2)c1.Cl. The van der Waals surface area contributed by atoms with Crippen LogP contribution in [0.15, 0.2) is 36.5 Å². The maximum Gasteiger partial charge on any atom is 0.276 e. The monoisotopic (exact) mass is 424 g/mol. The first-order valence-corrected chi connectivity index (χ1v) is 10.7. The first-order chi connectivity index (χ1) is 12.8. The normalized spacial score (nSPS) is 18.2. The van der Waals surface area contributed by atoms with Crippen molar-refractivity contribution in [1.29, 1.82) is 0 Å². The van der Waals surface area contributed by atoms with E-state index in [0.717, 1.165) is 31.5 Å². The average Bonchev–Trinajstić information content (AvgIpc) is 3.12. The molecule has 2 aromatic rings. The third-order valence-corrected chi connectivity index (χ3v) is 6.61. The van der Waals surface area contributed by atoms with Crippen LogP contribution in [0.1, 0.15) is 55.7 Å². The fraction of sp³-hybridized carbons (Fsp3) is 0.500. The van der Waals surface area contributed by atoms with Gasteiger partial charge in [0.25, 0.3) is 5.91 Å². The van der Waals surface area contributed by atoms with Crippen LogP contribution in [0.3, 0.4) is 0 Å². The van der Waals surface area contributed by atoms with Gasteiger partial charge in [0.1, 0.15) is 0 Å². The van der Waals surface area contributed by atoms with Gasteiger partial charge in [0.15, 0.2) is 5.69 Å². The minimum absolute atomic E-state index is 0. The van der Waals surface area contributed by atoms with Crippen molar-refractivity contribution in [2.75, 3.05) is 18.4 Å². The second-order valence-electron chi connectivity index (χ2n) is 7.94. The lowest BCUT2D eigenvalue weighted by Gasteiger charge is -2.22. The first kappa shape index (κ1) is 22.6. The molecule has 3 rings (SSSR count). The van der Waals surface area contributed by atoms with E-state index in [2.05, 4.69) is 15.7 Å². The van der Waals surface area contributed by atoms with Crippen molar-refractivity contribution in [1.82, 2.24) is 15.1 Å². The van der Waals surface area contributed by atoms with Gasteiger partial charge in [-0.3, -0.25) is 13.7 Å². The molecule has 0 bridgehead atoms. The minimum Gasteiger partial charge on any atom is -0.321 e. The number of rotatable bonds is 5. The van der Waals surface area contributed by atoms with Crippen LogP contribution < -0.4 is 10.6 Å². The van der Waals surface area contributed by atoms with E-state index in [9.17, 15) is 9.00 Å². The predicted molar refractivity (Wildman–Crippen MR) is 117 cm³/mol. The van der Waals surface area contributed by atoms with Gasteiger partial charge < -0.3 is 10.6 Å². The van der Waals surface area contributed by atoms with Gasteiger partial charge in [0.2, 0.25) is 0 Å². The van der Waals surface area contributed by atoms with Crippen molar-refractivity contribution >= 4 is 34.8 Å². The molecule has 1 aromatic heterocycles. The molecule has 0 aliphatic carbocycles. The Morgan fingerprint density at radius 3 is 2.82 bits per heavy atom. The van der Waals surface area contributed by atoms with Crippen molar-refractivity contribution < 1.29 is 9.00 Å². The molecular weight excluding hydrogens is 396 g/mol. The Morgan fingerprint density at radius 2 is 2.14 bits per heavy atom. The highest BCUT2D eigenvalue weighted by Crippen LogP contribution is 2.20. The summed E-state index contributed by atoms with van der Waals surface area (Å²) < 4.78 is 14.0. The van der Waals surface area contributed by atoms with Crippen molar-refractivity contribution in [3.05, 3.63) is 47.8 Å². The lowest BCUT2D eigenvalue weighted by molar-refractivity contribution is 0.102. The van der Waals surface area contributed by atoms with Gasteiger partial charge in [-0.05, 0) is 63.9 Å². The van der Waals surface area contributed by atoms with Crippen LogP contribution in [-0.4, -0.2) is 37.7 Å². The number of hydrogen-bond acceptors (Lipinski definition) is 4. The van der Waals surface area contributed by atoms with Crippen molar-refractivity contribution in [2.45, 2.75) is 50.2 Å². The van der Waals surface area contributed by atoms with Gasteiger partial charge in [-0.25, -0.2) is 0 Å². The van der Waals surface area contributed by atoms with Gasteiger partial charge in [-0.15, -0.1) is 12.4 Å². The topological polar surface area (TPSA) is 76.0 Å². The van der Waals surface area contributed by atoms with Crippen LogP contribution in [0.5, 0.6) is 0 Å². The summed E-state index contributed by atoms with van der Waals surface area (Å²) in [4.78, 5) is 12.5. The van der Waals surface area contributed by atoms with Gasteiger partial charge >= 0.3 is 0 Å². The molecule has 0 spiro atoms. The lowest BCUT2D eigenvalue weighted by Crippen LogP contribution is -2.32. The molecule has 0 saturated carbocycles. The van der Waals surface area contributed by atoms with Crippen LogP contribution in [-0.2, 0) is 16.6 Å². The van der Waals surface area contributed by atoms with Crippen molar-refractivity contribution in [2.24, 2.45) is 0 Å². The van der Waals surface area contributed by atoms with E-state index in [0.29, 0.717) is 23.2 Å². The number of piperidine rings is 1. The molecular formula is C20H29ClN4O2S. The number of aromatic nitrogens is 2. The van der Waals surface area contributed by atoms with E-state index >= 15 is 0 Å². The molecule has 2 unspecified atom stereocenters. The number of anilines is 1. The Bertz CT molecular complexity index is 826. The van der Waals surface area contributed by atoms with Gasteiger partial charge in [0, 0.05) is 39.7 Å². The van der Waals surface area contributed by atoms with E-state index in [1.165, 1.54) is 0 Å². The third kappa shape index (κ3) is 5.90. The summed E-state index contributed by atoms with van der Waals surface area (Å²) in [6.45, 7) is 7.82. The fourth-order valence-electron chi connectivity index (χ4n) is 3.02. The molecule has 6 nitrogen and oxygen atoms in total. The summed E-state index contributed by atoms with van der Waals surface area (Å²) in [5.74, 6) is 0.239. The van der Waals surface area contributed by atoms with Crippen LogP contribution in [0.2, 0.25) is 0 Å². The molecule has 1 aliphatic rings. The lowest BCUT2D eigenvalue weighted by atomic mass is 10.1. The Kier molecular flexibility index (Phi) is 7.80. The number of carbonyl (C=O) groups excluding carboxylic acids is 1. The number of amides is 1. The van der Waals surface area contributed by atoms with Crippen LogP contribution in [0.25, 0.3) is 0 Å². The zero-order valence-corrected chi connectivity index (χ0v) is 18.2. The molecule has 154 valence electrons. The predicted octanol–water partition coefficient (Wildman–Crippen LogP) is 3.53. The van der Waals surface area contributed by atoms with Crippen LogP contribution in [0, 0.1) is 0 Å². The number of carbonyl (C=O) groups is 1. The largest absolute Gasteiger partial charge is 0.321 e. The second kappa shape index (κ2) is 9.67. The molecule has 1 saturated heterocycles. The standard InChI is InChI=1S/C20H28N4O2S.ClH/c1-20(2,3)27(26)14-15-6-4-7-16(12-15)22-19(25)18-9-11-24(23-18)17-8-5-10-21-13-17;/h4,6-7,9,11-12,17,21H,5,8,10,13-14H2,1-3H3,(H,22,25);1H. The highest BCUT2D eigenvalue weighted by molar-refractivity contribution is 7.85. The zero-order valence-electron chi connectivity index (χ0n) is 16.6. The minimum atomic E-state index is -0.979. The number of halogens is 1. The molecule has 0 radical (unpaired) electrons. The molecule has 2 heterocycles. The highest BCUT2D eigenvalue weighted by Gasteiger charge is 2.20. The summed E-state index contributed by atoms with van der Waals surface area (Å²) in [7, 11) is -0.979. The molecule has 2 atom stereocenters. The average molecular weight is 425 g/mol. The Balaban J connectivity index is 0.00000280. The van der Waals surface area contributed by atoms with Gasteiger partial charge in [-0.2, -0.15) is 5.10 Å². The molecule has 1 fully saturated rings. The quantitative estimate of drug-likeness (QED) is 0.769. The third-order valence-electron chi connectivity index (χ3n) is 4.65.